The number of aromatic nitrogens is 3. The zero-order chi connectivity index (χ0) is 18.6. The molecule has 1 fully saturated rings. The summed E-state index contributed by atoms with van der Waals surface area (Å²) in [6.07, 6.45) is 3.51. The lowest BCUT2D eigenvalue weighted by molar-refractivity contribution is -0.128. The smallest absolute Gasteiger partial charge is 0.234 e. The van der Waals surface area contributed by atoms with Gasteiger partial charge < -0.3 is 14.1 Å². The van der Waals surface area contributed by atoms with Gasteiger partial charge in [-0.05, 0) is 25.1 Å². The third-order valence-electron chi connectivity index (χ3n) is 4.29. The molecule has 0 spiro atoms. The number of nitrogens with zero attached hydrogens (tertiary/aromatic N) is 4. The van der Waals surface area contributed by atoms with Gasteiger partial charge in [0.2, 0.25) is 5.91 Å². The van der Waals surface area contributed by atoms with Gasteiger partial charge in [0, 0.05) is 5.56 Å². The van der Waals surface area contributed by atoms with E-state index in [-0.39, 0.29) is 11.3 Å². The molecule has 4 rings (SSSR count). The Kier molecular flexibility index (Phi) is 5.15. The van der Waals surface area contributed by atoms with Gasteiger partial charge >= 0.3 is 0 Å². The van der Waals surface area contributed by atoms with Crippen molar-refractivity contribution in [1.82, 2.24) is 19.9 Å². The van der Waals surface area contributed by atoms with Gasteiger partial charge in [0.1, 0.15) is 22.6 Å². The minimum atomic E-state index is -0.154. The Balaban J connectivity index is 1.51. The molecule has 1 aliphatic heterocycles. The normalized spacial score (nSPS) is 16.9. The number of carbonyl (C=O) groups excluding carboxylic acids is 1. The van der Waals surface area contributed by atoms with E-state index in [9.17, 15) is 4.79 Å². The third kappa shape index (κ3) is 3.85. The van der Waals surface area contributed by atoms with Crippen molar-refractivity contribution in [3.8, 4) is 5.75 Å². The van der Waals surface area contributed by atoms with Crippen molar-refractivity contribution in [3.63, 3.8) is 0 Å². The molecular weight excluding hydrogens is 364 g/mol. The first-order valence-electron chi connectivity index (χ1n) is 8.79. The van der Waals surface area contributed by atoms with Crippen LogP contribution in [0.3, 0.4) is 0 Å². The Morgan fingerprint density at radius 1 is 1.26 bits per heavy atom. The molecule has 2 aromatic heterocycles. The quantitative estimate of drug-likeness (QED) is 0.623. The highest BCUT2D eigenvalue weighted by atomic mass is 32.2. The van der Waals surface area contributed by atoms with Crippen molar-refractivity contribution in [2.24, 2.45) is 0 Å². The highest BCUT2D eigenvalue weighted by molar-refractivity contribution is 8.00. The summed E-state index contributed by atoms with van der Waals surface area (Å²) in [5.74, 6) is 2.12. The van der Waals surface area contributed by atoms with Crippen LogP contribution in [0, 0.1) is 0 Å². The highest BCUT2D eigenvalue weighted by Gasteiger charge is 2.35. The summed E-state index contributed by atoms with van der Waals surface area (Å²) in [6, 6.07) is 11.6. The minimum Gasteiger partial charge on any atom is -0.494 e. The molecule has 3 heterocycles. The first kappa shape index (κ1) is 17.7. The predicted octanol–water partition coefficient (Wildman–Crippen LogP) is 3.09. The van der Waals surface area contributed by atoms with E-state index in [2.05, 4.69) is 10.3 Å². The van der Waals surface area contributed by atoms with Crippen LogP contribution >= 0.6 is 11.8 Å². The van der Waals surface area contributed by atoms with Gasteiger partial charge in [-0.25, -0.2) is 4.68 Å². The van der Waals surface area contributed by atoms with Gasteiger partial charge in [0.25, 0.3) is 0 Å². The number of thioether (sulfide) groups is 1. The molecule has 7 nitrogen and oxygen atoms in total. The van der Waals surface area contributed by atoms with E-state index in [4.69, 9.17) is 9.15 Å². The molecule has 1 aromatic carbocycles. The van der Waals surface area contributed by atoms with E-state index in [1.807, 2.05) is 49.5 Å². The minimum absolute atomic E-state index is 0.0811. The fourth-order valence-corrected chi connectivity index (χ4v) is 4.17. The molecular formula is C19H20N4O3S. The number of carbonyl (C=O) groups is 1. The van der Waals surface area contributed by atoms with Gasteiger partial charge in [-0.1, -0.05) is 23.4 Å². The molecule has 140 valence electrons. The maximum Gasteiger partial charge on any atom is 0.234 e. The van der Waals surface area contributed by atoms with Crippen molar-refractivity contribution in [3.05, 3.63) is 65.9 Å². The molecule has 0 radical (unpaired) electrons. The number of ether oxygens (including phenoxy) is 1. The molecule has 3 aromatic rings. The Labute approximate surface area is 161 Å². The number of para-hydroxylation sites is 1. The fraction of sp³-hybridized carbons (Fsp3) is 0.316. The molecule has 8 heteroatoms. The zero-order valence-corrected chi connectivity index (χ0v) is 15.8. The monoisotopic (exact) mass is 384 g/mol. The van der Waals surface area contributed by atoms with E-state index in [1.165, 1.54) is 0 Å². The van der Waals surface area contributed by atoms with Gasteiger partial charge in [-0.15, -0.1) is 16.9 Å². The van der Waals surface area contributed by atoms with E-state index in [1.54, 1.807) is 27.6 Å². The highest BCUT2D eigenvalue weighted by Crippen LogP contribution is 2.38. The molecule has 1 saturated heterocycles. The van der Waals surface area contributed by atoms with Crippen LogP contribution in [0.5, 0.6) is 5.75 Å². The first-order chi connectivity index (χ1) is 13.2. The average molecular weight is 384 g/mol. The van der Waals surface area contributed by atoms with Crippen molar-refractivity contribution >= 4 is 17.7 Å². The van der Waals surface area contributed by atoms with Crippen molar-refractivity contribution in [2.45, 2.75) is 25.4 Å². The van der Waals surface area contributed by atoms with Crippen LogP contribution in [0.25, 0.3) is 0 Å². The van der Waals surface area contributed by atoms with Gasteiger partial charge in [-0.3, -0.25) is 4.79 Å². The van der Waals surface area contributed by atoms with Gasteiger partial charge in [-0.2, -0.15) is 0 Å². The summed E-state index contributed by atoms with van der Waals surface area (Å²) in [5, 5.41) is 8.41. The average Bonchev–Trinajstić information content (AvgIpc) is 3.41. The summed E-state index contributed by atoms with van der Waals surface area (Å²) in [7, 11) is 0. The van der Waals surface area contributed by atoms with Crippen LogP contribution in [0.4, 0.5) is 0 Å². The molecule has 1 atom stereocenters. The third-order valence-corrected chi connectivity index (χ3v) is 5.51. The van der Waals surface area contributed by atoms with Gasteiger partial charge in [0.15, 0.2) is 0 Å². The van der Waals surface area contributed by atoms with E-state index < -0.39 is 0 Å². The molecule has 1 unspecified atom stereocenters. The standard InChI is InChI=1S/C19H20N4O3S/c1-2-25-17-8-4-3-6-14(17)10-22-12-16(20-21-22)19-23(18(24)13-27-19)11-15-7-5-9-26-15/h3-9,12,19H,2,10-11,13H2,1H3. The Morgan fingerprint density at radius 2 is 2.15 bits per heavy atom. The topological polar surface area (TPSA) is 73.4 Å². The fourth-order valence-electron chi connectivity index (χ4n) is 3.05. The first-order valence-corrected chi connectivity index (χ1v) is 9.83. The Bertz CT molecular complexity index is 909. The van der Waals surface area contributed by atoms with Crippen LogP contribution in [0.2, 0.25) is 0 Å². The SMILES string of the molecule is CCOc1ccccc1Cn1cc(C2SCC(=O)N2Cc2ccco2)nn1. The summed E-state index contributed by atoms with van der Waals surface area (Å²) < 4.78 is 12.8. The second-order valence-corrected chi connectivity index (χ2v) is 7.21. The lowest BCUT2D eigenvalue weighted by Crippen LogP contribution is -2.27. The van der Waals surface area contributed by atoms with Crippen LogP contribution in [0.1, 0.15) is 29.3 Å². The van der Waals surface area contributed by atoms with Crippen molar-refractivity contribution in [1.29, 1.82) is 0 Å². The number of hydrogen-bond donors (Lipinski definition) is 0. The predicted molar refractivity (Wildman–Crippen MR) is 101 cm³/mol. The van der Waals surface area contributed by atoms with Crippen molar-refractivity contribution in [2.75, 3.05) is 12.4 Å². The summed E-state index contributed by atoms with van der Waals surface area (Å²) >= 11 is 1.56. The number of furan rings is 1. The van der Waals surface area contributed by atoms with E-state index >= 15 is 0 Å². The van der Waals surface area contributed by atoms with Crippen molar-refractivity contribution < 1.29 is 13.9 Å². The Morgan fingerprint density at radius 3 is 2.96 bits per heavy atom. The molecule has 1 aliphatic rings. The van der Waals surface area contributed by atoms with Crippen LogP contribution < -0.4 is 4.74 Å². The molecule has 1 amide bonds. The molecule has 0 aliphatic carbocycles. The molecule has 0 bridgehead atoms. The maximum absolute atomic E-state index is 12.3. The lowest BCUT2D eigenvalue weighted by Gasteiger charge is -2.20. The molecule has 0 N–H and O–H groups in total. The second-order valence-electron chi connectivity index (χ2n) is 6.15. The summed E-state index contributed by atoms with van der Waals surface area (Å²) in [4.78, 5) is 14.1. The molecule has 0 saturated carbocycles. The largest absolute Gasteiger partial charge is 0.494 e. The van der Waals surface area contributed by atoms with Crippen LogP contribution in [-0.4, -0.2) is 38.2 Å². The van der Waals surface area contributed by atoms with Crippen LogP contribution in [0.15, 0.2) is 53.3 Å². The van der Waals surface area contributed by atoms with E-state index in [0.29, 0.717) is 25.4 Å². The number of benzene rings is 1. The Hall–Kier alpha value is -2.74. The van der Waals surface area contributed by atoms with Crippen LogP contribution in [-0.2, 0) is 17.9 Å². The summed E-state index contributed by atoms with van der Waals surface area (Å²) in [6.45, 7) is 3.57. The second kappa shape index (κ2) is 7.87. The lowest BCUT2D eigenvalue weighted by atomic mass is 10.2. The number of hydrogen-bond acceptors (Lipinski definition) is 6. The van der Waals surface area contributed by atoms with Gasteiger partial charge in [0.05, 0.1) is 37.9 Å². The zero-order valence-electron chi connectivity index (χ0n) is 14.9. The van der Waals surface area contributed by atoms with E-state index in [0.717, 1.165) is 22.8 Å². The maximum atomic E-state index is 12.3. The summed E-state index contributed by atoms with van der Waals surface area (Å²) in [5.41, 5.74) is 1.81. The number of rotatable bonds is 7. The molecule has 27 heavy (non-hydrogen) atoms. The number of amides is 1.